The molecule has 84 valence electrons. The molecular weight excluding hydrogens is 265 g/mol. The first kappa shape index (κ1) is 12.4. The predicted octanol–water partition coefficient (Wildman–Crippen LogP) is 1.46. The van der Waals surface area contributed by atoms with Crippen molar-refractivity contribution in [1.82, 2.24) is 0 Å². The number of methoxy groups -OCH3 is 1. The zero-order valence-electron chi connectivity index (χ0n) is 8.34. The summed E-state index contributed by atoms with van der Waals surface area (Å²) < 4.78 is 19.2. The summed E-state index contributed by atoms with van der Waals surface area (Å²) in [5.41, 5.74) is 5.61. The molecule has 15 heavy (non-hydrogen) atoms. The first-order valence-electron chi connectivity index (χ1n) is 4.48. The Labute approximate surface area is 96.2 Å². The highest BCUT2D eigenvalue weighted by molar-refractivity contribution is 9.10. The lowest BCUT2D eigenvalue weighted by Gasteiger charge is -2.13. The number of benzene rings is 1. The third-order valence-corrected chi connectivity index (χ3v) is 2.51. The second-order valence-electron chi connectivity index (χ2n) is 3.16. The molecule has 1 aromatic rings. The van der Waals surface area contributed by atoms with Gasteiger partial charge in [-0.2, -0.15) is 0 Å². The predicted molar refractivity (Wildman–Crippen MR) is 59.4 cm³/mol. The first-order chi connectivity index (χ1) is 7.08. The van der Waals surface area contributed by atoms with Gasteiger partial charge >= 0.3 is 0 Å². The van der Waals surface area contributed by atoms with Crippen molar-refractivity contribution in [2.75, 3.05) is 13.7 Å². The van der Waals surface area contributed by atoms with Crippen molar-refractivity contribution in [3.63, 3.8) is 0 Å². The lowest BCUT2D eigenvalue weighted by atomic mass is 10.1. The molecule has 3 N–H and O–H groups in total. The molecule has 0 bridgehead atoms. The van der Waals surface area contributed by atoms with Crippen molar-refractivity contribution in [2.24, 2.45) is 5.73 Å². The average molecular weight is 278 g/mol. The standard InChI is InChI=1S/C10H13BrFNO2/c1-15-10-3-6(11)2-9(12)8(10)4-7(14)5-13/h2-3,7,14H,4-5,13H2,1H3. The molecule has 0 saturated heterocycles. The second kappa shape index (κ2) is 5.44. The minimum atomic E-state index is -0.755. The van der Waals surface area contributed by atoms with Crippen LogP contribution in [0.4, 0.5) is 4.39 Å². The summed E-state index contributed by atoms with van der Waals surface area (Å²) in [4.78, 5) is 0. The van der Waals surface area contributed by atoms with Crippen LogP contribution in [-0.4, -0.2) is 24.9 Å². The molecule has 0 spiro atoms. The third kappa shape index (κ3) is 3.15. The van der Waals surface area contributed by atoms with Crippen LogP contribution in [0, 0.1) is 5.82 Å². The topological polar surface area (TPSA) is 55.5 Å². The highest BCUT2D eigenvalue weighted by atomic mass is 79.9. The SMILES string of the molecule is COc1cc(Br)cc(F)c1CC(O)CN. The second-order valence-corrected chi connectivity index (χ2v) is 4.08. The van der Waals surface area contributed by atoms with Crippen LogP contribution in [0.3, 0.4) is 0 Å². The van der Waals surface area contributed by atoms with Crippen molar-refractivity contribution in [3.8, 4) is 5.75 Å². The van der Waals surface area contributed by atoms with Crippen molar-refractivity contribution >= 4 is 15.9 Å². The van der Waals surface area contributed by atoms with Gasteiger partial charge in [0, 0.05) is 23.0 Å². The monoisotopic (exact) mass is 277 g/mol. The Bertz CT molecular complexity index is 346. The van der Waals surface area contributed by atoms with Gasteiger partial charge in [-0.25, -0.2) is 4.39 Å². The molecule has 0 aromatic heterocycles. The number of nitrogens with two attached hydrogens (primary N) is 1. The van der Waals surface area contributed by atoms with Crippen LogP contribution >= 0.6 is 15.9 Å². The molecular formula is C10H13BrFNO2. The van der Waals surface area contributed by atoms with E-state index in [4.69, 9.17) is 10.5 Å². The minimum absolute atomic E-state index is 0.0959. The maximum Gasteiger partial charge on any atom is 0.131 e. The minimum Gasteiger partial charge on any atom is -0.496 e. The van der Waals surface area contributed by atoms with E-state index in [9.17, 15) is 9.50 Å². The molecule has 5 heteroatoms. The fourth-order valence-electron chi connectivity index (χ4n) is 1.28. The van der Waals surface area contributed by atoms with E-state index in [0.29, 0.717) is 15.8 Å². The van der Waals surface area contributed by atoms with Crippen LogP contribution in [0.15, 0.2) is 16.6 Å². The molecule has 1 rings (SSSR count). The Kier molecular flexibility index (Phi) is 4.50. The number of ether oxygens (including phenoxy) is 1. The Morgan fingerprint density at radius 3 is 2.80 bits per heavy atom. The van der Waals surface area contributed by atoms with Gasteiger partial charge in [0.05, 0.1) is 13.2 Å². The summed E-state index contributed by atoms with van der Waals surface area (Å²) >= 11 is 3.16. The van der Waals surface area contributed by atoms with Gasteiger partial charge in [0.15, 0.2) is 0 Å². The van der Waals surface area contributed by atoms with Gasteiger partial charge in [0.1, 0.15) is 11.6 Å². The molecule has 3 nitrogen and oxygen atoms in total. The summed E-state index contributed by atoms with van der Waals surface area (Å²) in [6.45, 7) is 0.0959. The highest BCUT2D eigenvalue weighted by Crippen LogP contribution is 2.27. The summed E-state index contributed by atoms with van der Waals surface area (Å²) in [7, 11) is 1.46. The summed E-state index contributed by atoms with van der Waals surface area (Å²) in [5, 5.41) is 9.37. The summed E-state index contributed by atoms with van der Waals surface area (Å²) in [6, 6.07) is 2.99. The van der Waals surface area contributed by atoms with E-state index in [1.807, 2.05) is 0 Å². The van der Waals surface area contributed by atoms with E-state index in [1.165, 1.54) is 13.2 Å². The summed E-state index contributed by atoms with van der Waals surface area (Å²) in [6.07, 6.45) is -0.603. The van der Waals surface area contributed by atoms with Crippen LogP contribution in [0.5, 0.6) is 5.75 Å². The molecule has 1 aromatic carbocycles. The van der Waals surface area contributed by atoms with Gasteiger partial charge in [0.2, 0.25) is 0 Å². The number of rotatable bonds is 4. The smallest absolute Gasteiger partial charge is 0.131 e. The van der Waals surface area contributed by atoms with Crippen LogP contribution < -0.4 is 10.5 Å². The zero-order chi connectivity index (χ0) is 11.4. The lowest BCUT2D eigenvalue weighted by Crippen LogP contribution is -2.22. The van der Waals surface area contributed by atoms with E-state index in [1.54, 1.807) is 6.07 Å². The van der Waals surface area contributed by atoms with Crippen molar-refractivity contribution < 1.29 is 14.2 Å². The van der Waals surface area contributed by atoms with Gasteiger partial charge in [-0.15, -0.1) is 0 Å². The van der Waals surface area contributed by atoms with E-state index >= 15 is 0 Å². The Morgan fingerprint density at radius 1 is 1.60 bits per heavy atom. The lowest BCUT2D eigenvalue weighted by molar-refractivity contribution is 0.180. The Hall–Kier alpha value is -0.650. The molecule has 0 heterocycles. The van der Waals surface area contributed by atoms with Crippen LogP contribution in [-0.2, 0) is 6.42 Å². The number of aliphatic hydroxyl groups excluding tert-OH is 1. The van der Waals surface area contributed by atoms with Gasteiger partial charge in [-0.3, -0.25) is 0 Å². The number of hydrogen-bond acceptors (Lipinski definition) is 3. The van der Waals surface area contributed by atoms with Crippen molar-refractivity contribution in [1.29, 1.82) is 0 Å². The number of halogens is 2. The van der Waals surface area contributed by atoms with Gasteiger partial charge in [0.25, 0.3) is 0 Å². The van der Waals surface area contributed by atoms with E-state index < -0.39 is 11.9 Å². The quantitative estimate of drug-likeness (QED) is 0.876. The Morgan fingerprint density at radius 2 is 2.27 bits per heavy atom. The maximum absolute atomic E-state index is 13.5. The van der Waals surface area contributed by atoms with Crippen LogP contribution in [0.1, 0.15) is 5.56 Å². The highest BCUT2D eigenvalue weighted by Gasteiger charge is 2.14. The molecule has 0 fully saturated rings. The van der Waals surface area contributed by atoms with Crippen molar-refractivity contribution in [2.45, 2.75) is 12.5 Å². The average Bonchev–Trinajstić information content (AvgIpc) is 2.21. The van der Waals surface area contributed by atoms with Crippen LogP contribution in [0.2, 0.25) is 0 Å². The largest absolute Gasteiger partial charge is 0.496 e. The molecule has 0 aliphatic carbocycles. The van der Waals surface area contributed by atoms with E-state index in [0.717, 1.165) is 0 Å². The first-order valence-corrected chi connectivity index (χ1v) is 5.27. The number of hydrogen-bond donors (Lipinski definition) is 2. The molecule has 1 atom stereocenters. The van der Waals surface area contributed by atoms with Crippen molar-refractivity contribution in [3.05, 3.63) is 28.0 Å². The maximum atomic E-state index is 13.5. The van der Waals surface area contributed by atoms with E-state index in [2.05, 4.69) is 15.9 Å². The fourth-order valence-corrected chi connectivity index (χ4v) is 1.69. The molecule has 0 saturated carbocycles. The Balaban J connectivity index is 3.04. The van der Waals surface area contributed by atoms with Gasteiger partial charge < -0.3 is 15.6 Å². The number of aliphatic hydroxyl groups is 1. The molecule has 0 aliphatic rings. The van der Waals surface area contributed by atoms with Gasteiger partial charge in [-0.1, -0.05) is 15.9 Å². The molecule has 1 unspecified atom stereocenters. The van der Waals surface area contributed by atoms with E-state index in [-0.39, 0.29) is 13.0 Å². The van der Waals surface area contributed by atoms with Gasteiger partial charge in [-0.05, 0) is 12.1 Å². The zero-order valence-corrected chi connectivity index (χ0v) is 9.92. The molecule has 0 aliphatic heterocycles. The molecule has 0 radical (unpaired) electrons. The summed E-state index contributed by atoms with van der Waals surface area (Å²) in [5.74, 6) is 0.00287. The van der Waals surface area contributed by atoms with Crippen LogP contribution in [0.25, 0.3) is 0 Å². The normalized spacial score (nSPS) is 12.6. The molecule has 0 amide bonds. The fraction of sp³-hybridized carbons (Fsp3) is 0.400. The third-order valence-electron chi connectivity index (χ3n) is 2.05.